The van der Waals surface area contributed by atoms with E-state index in [4.69, 9.17) is 4.74 Å². The number of carbonyl (C=O) groups is 1. The fourth-order valence-corrected chi connectivity index (χ4v) is 2.57. The van der Waals surface area contributed by atoms with Crippen LogP contribution in [0.4, 0.5) is 5.69 Å². The van der Waals surface area contributed by atoms with E-state index in [9.17, 15) is 4.79 Å². The molecule has 0 unspecified atom stereocenters. The summed E-state index contributed by atoms with van der Waals surface area (Å²) in [6, 6.07) is 24.9. The molecule has 1 N–H and O–H groups in total. The molecule has 5 nitrogen and oxygen atoms in total. The Balaban J connectivity index is 1.55. The first-order valence-electron chi connectivity index (χ1n) is 8.99. The van der Waals surface area contributed by atoms with Crippen LogP contribution in [-0.4, -0.2) is 26.2 Å². The van der Waals surface area contributed by atoms with E-state index in [0.29, 0.717) is 12.2 Å². The quantitative estimate of drug-likeness (QED) is 0.501. The van der Waals surface area contributed by atoms with Gasteiger partial charge in [0.2, 0.25) is 0 Å². The number of rotatable bonds is 7. The van der Waals surface area contributed by atoms with Gasteiger partial charge in [-0.2, -0.15) is 5.10 Å². The van der Waals surface area contributed by atoms with E-state index < -0.39 is 0 Å². The molecule has 0 fully saturated rings. The first-order valence-corrected chi connectivity index (χ1v) is 8.99. The molecule has 5 heteroatoms. The van der Waals surface area contributed by atoms with E-state index >= 15 is 0 Å². The Kier molecular flexibility index (Phi) is 6.41. The molecule has 0 heterocycles. The predicted octanol–water partition coefficient (Wildman–Crippen LogP) is 4.10. The zero-order valence-electron chi connectivity index (χ0n) is 16.0. The summed E-state index contributed by atoms with van der Waals surface area (Å²) in [5, 5.41) is 4.04. The molecule has 0 atom stereocenters. The van der Waals surface area contributed by atoms with Gasteiger partial charge in [0.15, 0.2) is 0 Å². The van der Waals surface area contributed by atoms with Crippen LogP contribution in [0.15, 0.2) is 84.0 Å². The molecule has 142 valence electrons. The summed E-state index contributed by atoms with van der Waals surface area (Å²) >= 11 is 0. The number of hydrogen-bond donors (Lipinski definition) is 1. The Morgan fingerprint density at radius 1 is 1.00 bits per heavy atom. The standard InChI is InChI=1S/C23H23N3O2/c1-26(2)21-13-11-20(12-14-21)23(27)25-24-16-19-9-6-10-22(15-19)28-17-18-7-4-3-5-8-18/h3-16H,17H2,1-2H3,(H,25,27). The Hall–Kier alpha value is -3.60. The monoisotopic (exact) mass is 373 g/mol. The average molecular weight is 373 g/mol. The highest BCUT2D eigenvalue weighted by molar-refractivity contribution is 5.95. The first-order chi connectivity index (χ1) is 13.6. The van der Waals surface area contributed by atoms with Crippen molar-refractivity contribution in [1.29, 1.82) is 0 Å². The van der Waals surface area contributed by atoms with Gasteiger partial charge in [-0.05, 0) is 47.5 Å². The second-order valence-corrected chi connectivity index (χ2v) is 6.49. The van der Waals surface area contributed by atoms with Crippen molar-refractivity contribution >= 4 is 17.8 Å². The third kappa shape index (κ3) is 5.45. The van der Waals surface area contributed by atoms with Crippen LogP contribution in [0.25, 0.3) is 0 Å². The molecule has 0 radical (unpaired) electrons. The van der Waals surface area contributed by atoms with Crippen molar-refractivity contribution in [2.24, 2.45) is 5.10 Å². The van der Waals surface area contributed by atoms with Crippen molar-refractivity contribution in [3.05, 3.63) is 95.6 Å². The van der Waals surface area contributed by atoms with Gasteiger partial charge < -0.3 is 9.64 Å². The second kappa shape index (κ2) is 9.37. The highest BCUT2D eigenvalue weighted by Gasteiger charge is 2.04. The first kappa shape index (κ1) is 19.2. The minimum absolute atomic E-state index is 0.252. The van der Waals surface area contributed by atoms with Crippen molar-refractivity contribution in [1.82, 2.24) is 5.43 Å². The van der Waals surface area contributed by atoms with Gasteiger partial charge in [0.05, 0.1) is 6.21 Å². The largest absolute Gasteiger partial charge is 0.489 e. The van der Waals surface area contributed by atoms with Gasteiger partial charge in [0.1, 0.15) is 12.4 Å². The van der Waals surface area contributed by atoms with Crippen molar-refractivity contribution in [3.8, 4) is 5.75 Å². The summed E-state index contributed by atoms with van der Waals surface area (Å²) in [6.07, 6.45) is 1.60. The molecular formula is C23H23N3O2. The molecule has 3 aromatic carbocycles. The molecule has 3 rings (SSSR count). The number of amides is 1. The predicted molar refractivity (Wildman–Crippen MR) is 113 cm³/mol. The summed E-state index contributed by atoms with van der Waals surface area (Å²) in [5.74, 6) is 0.497. The number of carbonyl (C=O) groups excluding carboxylic acids is 1. The number of hydrazone groups is 1. The van der Waals surface area contributed by atoms with Crippen LogP contribution in [0.2, 0.25) is 0 Å². The average Bonchev–Trinajstić information content (AvgIpc) is 2.73. The topological polar surface area (TPSA) is 53.9 Å². The van der Waals surface area contributed by atoms with Gasteiger partial charge in [-0.15, -0.1) is 0 Å². The lowest BCUT2D eigenvalue weighted by Crippen LogP contribution is -2.17. The van der Waals surface area contributed by atoms with Gasteiger partial charge in [-0.25, -0.2) is 5.43 Å². The van der Waals surface area contributed by atoms with E-state index in [1.54, 1.807) is 18.3 Å². The summed E-state index contributed by atoms with van der Waals surface area (Å²) < 4.78 is 5.81. The number of nitrogens with zero attached hydrogens (tertiary/aromatic N) is 2. The number of hydrogen-bond acceptors (Lipinski definition) is 4. The van der Waals surface area contributed by atoms with Crippen molar-refractivity contribution in [3.63, 3.8) is 0 Å². The van der Waals surface area contributed by atoms with Crippen LogP contribution >= 0.6 is 0 Å². The Morgan fingerprint density at radius 3 is 2.46 bits per heavy atom. The molecule has 0 aliphatic rings. The fraction of sp³-hybridized carbons (Fsp3) is 0.130. The smallest absolute Gasteiger partial charge is 0.271 e. The molecule has 0 aromatic heterocycles. The van der Waals surface area contributed by atoms with E-state index in [0.717, 1.165) is 22.6 Å². The third-order valence-corrected chi connectivity index (χ3v) is 4.13. The maximum absolute atomic E-state index is 12.2. The zero-order valence-corrected chi connectivity index (χ0v) is 16.0. The van der Waals surface area contributed by atoms with Crippen LogP contribution < -0.4 is 15.1 Å². The summed E-state index contributed by atoms with van der Waals surface area (Å²) in [5.41, 5.74) is 6.09. The maximum Gasteiger partial charge on any atom is 0.271 e. The maximum atomic E-state index is 12.2. The summed E-state index contributed by atoms with van der Waals surface area (Å²) in [7, 11) is 3.91. The van der Waals surface area contributed by atoms with Crippen LogP contribution in [0.5, 0.6) is 5.75 Å². The lowest BCUT2D eigenvalue weighted by Gasteiger charge is -2.12. The molecule has 0 aliphatic heterocycles. The normalized spacial score (nSPS) is 10.6. The highest BCUT2D eigenvalue weighted by atomic mass is 16.5. The highest BCUT2D eigenvalue weighted by Crippen LogP contribution is 2.14. The van der Waals surface area contributed by atoms with E-state index in [2.05, 4.69) is 10.5 Å². The minimum atomic E-state index is -0.252. The van der Waals surface area contributed by atoms with Crippen LogP contribution in [0.1, 0.15) is 21.5 Å². The van der Waals surface area contributed by atoms with E-state index in [-0.39, 0.29) is 5.91 Å². The molecule has 1 amide bonds. The zero-order chi connectivity index (χ0) is 19.8. The number of benzene rings is 3. The Morgan fingerprint density at radius 2 is 1.75 bits per heavy atom. The molecular weight excluding hydrogens is 350 g/mol. The molecule has 0 spiro atoms. The van der Waals surface area contributed by atoms with Crippen molar-refractivity contribution in [2.75, 3.05) is 19.0 Å². The van der Waals surface area contributed by atoms with Gasteiger partial charge in [-0.3, -0.25) is 4.79 Å². The number of ether oxygens (including phenoxy) is 1. The minimum Gasteiger partial charge on any atom is -0.489 e. The Labute approximate surface area is 165 Å². The number of nitrogens with one attached hydrogen (secondary N) is 1. The SMILES string of the molecule is CN(C)c1ccc(C(=O)NN=Cc2cccc(OCc3ccccc3)c2)cc1. The van der Waals surface area contributed by atoms with Gasteiger partial charge in [0.25, 0.3) is 5.91 Å². The van der Waals surface area contributed by atoms with Gasteiger partial charge in [-0.1, -0.05) is 42.5 Å². The molecule has 3 aromatic rings. The third-order valence-electron chi connectivity index (χ3n) is 4.13. The van der Waals surface area contributed by atoms with E-state index in [1.165, 1.54) is 0 Å². The van der Waals surface area contributed by atoms with Crippen LogP contribution in [0, 0.1) is 0 Å². The van der Waals surface area contributed by atoms with Crippen molar-refractivity contribution in [2.45, 2.75) is 6.61 Å². The molecule has 28 heavy (non-hydrogen) atoms. The van der Waals surface area contributed by atoms with Gasteiger partial charge in [0, 0.05) is 25.3 Å². The summed E-state index contributed by atoms with van der Waals surface area (Å²) in [6.45, 7) is 0.501. The fourth-order valence-electron chi connectivity index (χ4n) is 2.57. The lowest BCUT2D eigenvalue weighted by atomic mass is 10.2. The molecule has 0 aliphatic carbocycles. The Bertz CT molecular complexity index is 936. The molecule has 0 saturated heterocycles. The summed E-state index contributed by atoms with van der Waals surface area (Å²) in [4.78, 5) is 14.2. The van der Waals surface area contributed by atoms with Crippen LogP contribution in [-0.2, 0) is 6.61 Å². The number of anilines is 1. The van der Waals surface area contributed by atoms with Crippen LogP contribution in [0.3, 0.4) is 0 Å². The van der Waals surface area contributed by atoms with E-state index in [1.807, 2.05) is 85.7 Å². The van der Waals surface area contributed by atoms with Crippen molar-refractivity contribution < 1.29 is 9.53 Å². The lowest BCUT2D eigenvalue weighted by molar-refractivity contribution is 0.0955. The molecule has 0 saturated carbocycles. The van der Waals surface area contributed by atoms with Gasteiger partial charge >= 0.3 is 0 Å². The molecule has 0 bridgehead atoms. The second-order valence-electron chi connectivity index (χ2n) is 6.49.